The van der Waals surface area contributed by atoms with Crippen LogP contribution in [0.25, 0.3) is 0 Å². The highest BCUT2D eigenvalue weighted by atomic mass is 32.2. The van der Waals surface area contributed by atoms with Gasteiger partial charge in [0.1, 0.15) is 10.6 Å². The molecule has 1 aromatic rings. The maximum atomic E-state index is 11.0. The molecule has 0 saturated heterocycles. The molecule has 0 aliphatic heterocycles. The van der Waals surface area contributed by atoms with Crippen LogP contribution >= 0.6 is 0 Å². The van der Waals surface area contributed by atoms with Crippen LogP contribution < -0.4 is 10.5 Å². The van der Waals surface area contributed by atoms with E-state index in [0.29, 0.717) is 0 Å². The molecule has 0 fully saturated rings. The van der Waals surface area contributed by atoms with Gasteiger partial charge in [0.05, 0.1) is 11.8 Å². The van der Waals surface area contributed by atoms with Crippen molar-refractivity contribution < 1.29 is 17.7 Å². The molecule has 0 spiro atoms. The molecule has 83 valence electrons. The largest absolute Gasteiger partial charge is 0.490 e. The van der Waals surface area contributed by atoms with E-state index in [1.807, 2.05) is 0 Å². The van der Waals surface area contributed by atoms with Gasteiger partial charge in [0.25, 0.3) is 10.1 Å². The molecule has 2 N–H and O–H groups in total. The first-order valence-corrected chi connectivity index (χ1v) is 5.74. The molecular formula is C9H12NO4S. The van der Waals surface area contributed by atoms with Crippen molar-refractivity contribution in [2.24, 2.45) is 0 Å². The third kappa shape index (κ3) is 3.10. The van der Waals surface area contributed by atoms with Crippen LogP contribution in [-0.2, 0) is 10.1 Å². The van der Waals surface area contributed by atoms with Gasteiger partial charge in [-0.05, 0) is 32.0 Å². The van der Waals surface area contributed by atoms with Gasteiger partial charge in [0.15, 0.2) is 0 Å². The first kappa shape index (κ1) is 11.8. The molecule has 6 heteroatoms. The third-order valence-corrected chi connectivity index (χ3v) is 2.46. The first-order chi connectivity index (χ1) is 6.80. The van der Waals surface area contributed by atoms with E-state index in [1.54, 1.807) is 13.8 Å². The maximum Gasteiger partial charge on any atom is 0.298 e. The van der Waals surface area contributed by atoms with Crippen LogP contribution in [0.15, 0.2) is 23.1 Å². The molecule has 0 bridgehead atoms. The van der Waals surface area contributed by atoms with Gasteiger partial charge < -0.3 is 10.5 Å². The fraction of sp³-hybridized carbons (Fsp3) is 0.333. The lowest BCUT2D eigenvalue weighted by Gasteiger charge is -2.12. The van der Waals surface area contributed by atoms with Gasteiger partial charge in [-0.2, -0.15) is 8.42 Å². The normalized spacial score (nSPS) is 11.7. The summed E-state index contributed by atoms with van der Waals surface area (Å²) in [5, 5.41) is 0. The minimum absolute atomic E-state index is 0.00117. The molecule has 1 rings (SSSR count). The quantitative estimate of drug-likeness (QED) is 0.799. The summed E-state index contributed by atoms with van der Waals surface area (Å²) in [6, 6.07) is 3.80. The van der Waals surface area contributed by atoms with E-state index >= 15 is 0 Å². The van der Waals surface area contributed by atoms with Gasteiger partial charge in [-0.1, -0.05) is 0 Å². The number of hydrogen-bond acceptors (Lipinski definition) is 3. The van der Waals surface area contributed by atoms with Gasteiger partial charge in [0, 0.05) is 0 Å². The maximum absolute atomic E-state index is 11.0. The second kappa shape index (κ2) is 4.08. The van der Waals surface area contributed by atoms with E-state index < -0.39 is 10.1 Å². The highest BCUT2D eigenvalue weighted by Crippen LogP contribution is 2.27. The SMILES string of the molecule is CC(C)Oc1ccc([NH])cc1S(=O)(=O)O. The predicted octanol–water partition coefficient (Wildman–Crippen LogP) is 1.63. The lowest BCUT2D eigenvalue weighted by molar-refractivity contribution is 0.235. The molecule has 0 aliphatic carbocycles. The Morgan fingerprint density at radius 3 is 2.47 bits per heavy atom. The molecule has 0 atom stereocenters. The Morgan fingerprint density at radius 1 is 1.40 bits per heavy atom. The first-order valence-electron chi connectivity index (χ1n) is 4.30. The van der Waals surface area contributed by atoms with Crippen molar-refractivity contribution in [2.75, 3.05) is 0 Å². The minimum Gasteiger partial charge on any atom is -0.490 e. The minimum atomic E-state index is -4.35. The monoisotopic (exact) mass is 230 g/mol. The summed E-state index contributed by atoms with van der Waals surface area (Å²) in [4.78, 5) is -0.372. The second-order valence-electron chi connectivity index (χ2n) is 3.30. The van der Waals surface area contributed by atoms with Gasteiger partial charge in [-0.15, -0.1) is 0 Å². The summed E-state index contributed by atoms with van der Waals surface area (Å²) in [7, 11) is -4.35. The molecular weight excluding hydrogens is 218 g/mol. The number of hydrogen-bond donors (Lipinski definition) is 1. The zero-order valence-corrected chi connectivity index (χ0v) is 9.21. The summed E-state index contributed by atoms with van der Waals surface area (Å²) in [5.74, 6) is 0.0588. The van der Waals surface area contributed by atoms with E-state index in [9.17, 15) is 8.42 Å². The summed E-state index contributed by atoms with van der Waals surface area (Å²) >= 11 is 0. The Bertz CT molecular complexity index is 453. The van der Waals surface area contributed by atoms with Crippen LogP contribution in [0.3, 0.4) is 0 Å². The Kier molecular flexibility index (Phi) is 3.21. The molecule has 1 radical (unpaired) electrons. The zero-order valence-electron chi connectivity index (χ0n) is 8.39. The highest BCUT2D eigenvalue weighted by Gasteiger charge is 2.17. The summed E-state index contributed by atoms with van der Waals surface area (Å²) in [5.41, 5.74) is 7.26. The number of rotatable bonds is 3. The molecule has 15 heavy (non-hydrogen) atoms. The van der Waals surface area contributed by atoms with Crippen LogP contribution in [0.2, 0.25) is 0 Å². The highest BCUT2D eigenvalue weighted by molar-refractivity contribution is 7.86. The lowest BCUT2D eigenvalue weighted by Crippen LogP contribution is -2.09. The van der Waals surface area contributed by atoms with E-state index in [1.165, 1.54) is 12.1 Å². The van der Waals surface area contributed by atoms with Gasteiger partial charge in [-0.3, -0.25) is 4.55 Å². The fourth-order valence-electron chi connectivity index (χ4n) is 1.06. The van der Waals surface area contributed by atoms with E-state index in [0.717, 1.165) is 6.07 Å². The van der Waals surface area contributed by atoms with Crippen LogP contribution in [0.4, 0.5) is 5.69 Å². The Balaban J connectivity index is 3.27. The lowest BCUT2D eigenvalue weighted by atomic mass is 10.3. The zero-order chi connectivity index (χ0) is 11.6. The molecule has 0 aromatic heterocycles. The average Bonchev–Trinajstić information content (AvgIpc) is 2.05. The Hall–Kier alpha value is -1.27. The standard InChI is InChI=1S/C9H12NO4S/c1-6(2)14-8-4-3-7(10)5-9(8)15(11,12)13/h3-6,10H,1-2H3,(H,11,12,13). The fourth-order valence-corrected chi connectivity index (χ4v) is 1.71. The van der Waals surface area contributed by atoms with Crippen molar-refractivity contribution >= 4 is 15.8 Å². The van der Waals surface area contributed by atoms with Crippen LogP contribution in [0.5, 0.6) is 5.75 Å². The molecule has 0 heterocycles. The summed E-state index contributed by atoms with van der Waals surface area (Å²) < 4.78 is 36.1. The topological polar surface area (TPSA) is 87.4 Å². The van der Waals surface area contributed by atoms with Crippen molar-refractivity contribution in [3.63, 3.8) is 0 Å². The number of benzene rings is 1. The van der Waals surface area contributed by atoms with Gasteiger partial charge in [-0.25, -0.2) is 0 Å². The van der Waals surface area contributed by atoms with Crippen molar-refractivity contribution in [1.82, 2.24) is 5.73 Å². The van der Waals surface area contributed by atoms with Crippen molar-refractivity contribution in [3.05, 3.63) is 18.2 Å². The van der Waals surface area contributed by atoms with Crippen LogP contribution in [0, 0.1) is 0 Å². The Morgan fingerprint density at radius 2 is 2.00 bits per heavy atom. The van der Waals surface area contributed by atoms with Gasteiger partial charge in [0.2, 0.25) is 0 Å². The van der Waals surface area contributed by atoms with E-state index in [-0.39, 0.29) is 22.4 Å². The summed E-state index contributed by atoms with van der Waals surface area (Å²) in [6.45, 7) is 3.48. The number of nitrogens with one attached hydrogen (secondary N) is 1. The van der Waals surface area contributed by atoms with Crippen LogP contribution in [0.1, 0.15) is 13.8 Å². The molecule has 5 nitrogen and oxygen atoms in total. The number of ether oxygens (including phenoxy) is 1. The summed E-state index contributed by atoms with van der Waals surface area (Å²) in [6.07, 6.45) is -0.206. The van der Waals surface area contributed by atoms with Crippen molar-refractivity contribution in [2.45, 2.75) is 24.8 Å². The van der Waals surface area contributed by atoms with Gasteiger partial charge >= 0.3 is 0 Å². The van der Waals surface area contributed by atoms with Crippen LogP contribution in [-0.4, -0.2) is 19.1 Å². The van der Waals surface area contributed by atoms with E-state index in [2.05, 4.69) is 0 Å². The second-order valence-corrected chi connectivity index (χ2v) is 4.69. The molecule has 0 unspecified atom stereocenters. The predicted molar refractivity (Wildman–Crippen MR) is 54.8 cm³/mol. The van der Waals surface area contributed by atoms with Crippen molar-refractivity contribution in [3.8, 4) is 5.75 Å². The molecule has 0 saturated carbocycles. The smallest absolute Gasteiger partial charge is 0.298 e. The third-order valence-electron chi connectivity index (χ3n) is 1.58. The molecule has 1 aromatic carbocycles. The Labute approximate surface area is 88.6 Å². The molecule has 0 amide bonds. The average molecular weight is 230 g/mol. The van der Waals surface area contributed by atoms with E-state index in [4.69, 9.17) is 15.0 Å². The molecule has 0 aliphatic rings. The van der Waals surface area contributed by atoms with Crippen molar-refractivity contribution in [1.29, 1.82) is 0 Å².